The Bertz CT molecular complexity index is 2380. The summed E-state index contributed by atoms with van der Waals surface area (Å²) in [6.45, 7) is 0. The summed E-state index contributed by atoms with van der Waals surface area (Å²) in [5.74, 6) is 1.71. The fraction of sp³-hybridized carbons (Fsp3) is 0.0370. The third-order valence-electron chi connectivity index (χ3n) is 10.1. The largest absolute Gasteiger partial charge is 0.497 e. The molecule has 0 amide bonds. The van der Waals surface area contributed by atoms with E-state index in [1.165, 1.54) is 0 Å². The second-order valence-electron chi connectivity index (χ2n) is 13.8. The van der Waals surface area contributed by atoms with E-state index in [0.29, 0.717) is 0 Å². The van der Waals surface area contributed by atoms with Crippen LogP contribution in [-0.2, 0) is 0 Å². The van der Waals surface area contributed by atoms with Gasteiger partial charge in [0.25, 0.3) is 0 Å². The van der Waals surface area contributed by atoms with Crippen molar-refractivity contribution in [3.05, 3.63) is 229 Å². The zero-order chi connectivity index (χ0) is 39.5. The van der Waals surface area contributed by atoms with Crippen LogP contribution in [0.25, 0.3) is 35.4 Å². The van der Waals surface area contributed by atoms with Crippen LogP contribution < -0.4 is 19.3 Å². The lowest BCUT2D eigenvalue weighted by atomic mass is 10.0. The van der Waals surface area contributed by atoms with Crippen LogP contribution in [0.4, 0.5) is 34.1 Å². The van der Waals surface area contributed by atoms with Crippen molar-refractivity contribution in [1.82, 2.24) is 0 Å². The second kappa shape index (κ2) is 17.9. The molecule has 0 saturated carbocycles. The molecule has 8 rings (SSSR count). The summed E-state index contributed by atoms with van der Waals surface area (Å²) >= 11 is 0. The minimum absolute atomic E-state index is 0.854. The first-order chi connectivity index (χ1) is 28.6. The third kappa shape index (κ3) is 8.94. The molecule has 0 fully saturated rings. The van der Waals surface area contributed by atoms with Crippen LogP contribution in [0.5, 0.6) is 11.5 Å². The maximum atomic E-state index is 5.30. The molecule has 0 aliphatic rings. The molecule has 4 heteroatoms. The molecule has 0 atom stereocenters. The molecule has 282 valence electrons. The highest BCUT2D eigenvalue weighted by Crippen LogP contribution is 2.38. The highest BCUT2D eigenvalue weighted by Gasteiger charge is 2.15. The number of hydrogen-bond acceptors (Lipinski definition) is 4. The van der Waals surface area contributed by atoms with Crippen LogP contribution in [0.1, 0.15) is 22.3 Å². The van der Waals surface area contributed by atoms with Gasteiger partial charge >= 0.3 is 0 Å². The molecule has 0 unspecified atom stereocenters. The molecule has 8 aromatic carbocycles. The van der Waals surface area contributed by atoms with E-state index in [-0.39, 0.29) is 0 Å². The number of methoxy groups -OCH3 is 2. The smallest absolute Gasteiger partial charge is 0.118 e. The standard InChI is InChI=1S/C54H44N2O2/c1-57-53-37-21-43(22-38-53)15-13-41-17-29-49(30-18-41)55(47-9-5-3-6-10-47)51-33-25-45(26-34-51)46-27-35-52(36-28-46)56(48-11-7-4-8-12-48)50-31-19-42(20-32-50)14-16-44-23-39-54(58-2)40-24-44/h3-40H,1-2H3. The Morgan fingerprint density at radius 3 is 0.793 bits per heavy atom. The van der Waals surface area contributed by atoms with E-state index >= 15 is 0 Å². The summed E-state index contributed by atoms with van der Waals surface area (Å²) in [6.07, 6.45) is 8.51. The summed E-state index contributed by atoms with van der Waals surface area (Å²) in [5, 5.41) is 0. The molecule has 0 aliphatic carbocycles. The number of para-hydroxylation sites is 2. The fourth-order valence-corrected chi connectivity index (χ4v) is 6.94. The number of rotatable bonds is 13. The molecule has 0 aromatic heterocycles. The Kier molecular flexibility index (Phi) is 11.6. The van der Waals surface area contributed by atoms with Crippen molar-refractivity contribution < 1.29 is 9.47 Å². The van der Waals surface area contributed by atoms with Crippen LogP contribution in [0.2, 0.25) is 0 Å². The lowest BCUT2D eigenvalue weighted by Crippen LogP contribution is -2.10. The Balaban J connectivity index is 1.01. The van der Waals surface area contributed by atoms with E-state index in [2.05, 4.69) is 216 Å². The first-order valence-corrected chi connectivity index (χ1v) is 19.4. The molecule has 0 N–H and O–H groups in total. The van der Waals surface area contributed by atoms with Crippen molar-refractivity contribution in [2.24, 2.45) is 0 Å². The van der Waals surface area contributed by atoms with Crippen molar-refractivity contribution in [1.29, 1.82) is 0 Å². The van der Waals surface area contributed by atoms with Gasteiger partial charge in [0.1, 0.15) is 11.5 Å². The SMILES string of the molecule is COc1ccc(C=Cc2ccc(N(c3ccccc3)c3ccc(-c4ccc(N(c5ccccc5)c5ccc(C=Cc6ccc(OC)cc6)cc5)cc4)cc3)cc2)cc1. The zero-order valence-corrected chi connectivity index (χ0v) is 32.7. The van der Waals surface area contributed by atoms with Gasteiger partial charge in [0.05, 0.1) is 14.2 Å². The van der Waals surface area contributed by atoms with E-state index in [1.54, 1.807) is 14.2 Å². The lowest BCUT2D eigenvalue weighted by Gasteiger charge is -2.26. The first kappa shape index (κ1) is 37.4. The van der Waals surface area contributed by atoms with Gasteiger partial charge in [-0.1, -0.05) is 133 Å². The van der Waals surface area contributed by atoms with E-state index in [9.17, 15) is 0 Å². The Morgan fingerprint density at radius 2 is 0.517 bits per heavy atom. The quantitative estimate of drug-likeness (QED) is 0.110. The summed E-state index contributed by atoms with van der Waals surface area (Å²) in [7, 11) is 3.37. The molecule has 4 nitrogen and oxygen atoms in total. The highest BCUT2D eigenvalue weighted by atomic mass is 16.5. The highest BCUT2D eigenvalue weighted by molar-refractivity contribution is 5.82. The van der Waals surface area contributed by atoms with Gasteiger partial charge in [-0.15, -0.1) is 0 Å². The maximum Gasteiger partial charge on any atom is 0.118 e. The van der Waals surface area contributed by atoms with Crippen molar-refractivity contribution in [3.8, 4) is 22.6 Å². The molecule has 0 bridgehead atoms. The van der Waals surface area contributed by atoms with Gasteiger partial charge in [-0.25, -0.2) is 0 Å². The van der Waals surface area contributed by atoms with Crippen LogP contribution in [0.15, 0.2) is 206 Å². The average Bonchev–Trinajstić information content (AvgIpc) is 3.30. The van der Waals surface area contributed by atoms with Gasteiger partial charge in [-0.3, -0.25) is 0 Å². The van der Waals surface area contributed by atoms with Crippen molar-refractivity contribution in [2.75, 3.05) is 24.0 Å². The number of benzene rings is 8. The average molecular weight is 753 g/mol. The van der Waals surface area contributed by atoms with E-state index in [4.69, 9.17) is 9.47 Å². The van der Waals surface area contributed by atoms with Crippen molar-refractivity contribution in [3.63, 3.8) is 0 Å². The van der Waals surface area contributed by atoms with Gasteiger partial charge in [0, 0.05) is 34.1 Å². The fourth-order valence-electron chi connectivity index (χ4n) is 6.94. The molecule has 0 spiro atoms. The van der Waals surface area contributed by atoms with Crippen LogP contribution in [0.3, 0.4) is 0 Å². The number of hydrogen-bond donors (Lipinski definition) is 0. The molecule has 0 saturated heterocycles. The lowest BCUT2D eigenvalue weighted by molar-refractivity contribution is 0.414. The van der Waals surface area contributed by atoms with Crippen LogP contribution in [0, 0.1) is 0 Å². The van der Waals surface area contributed by atoms with E-state index in [0.717, 1.165) is 79.0 Å². The Morgan fingerprint density at radius 1 is 0.276 bits per heavy atom. The molecule has 8 aromatic rings. The molecule has 0 radical (unpaired) electrons. The molecule has 0 heterocycles. The normalized spacial score (nSPS) is 11.1. The molecular formula is C54H44N2O2. The molecule has 58 heavy (non-hydrogen) atoms. The number of nitrogens with zero attached hydrogens (tertiary/aromatic N) is 2. The summed E-state index contributed by atoms with van der Waals surface area (Å²) in [6, 6.07) is 72.2. The molecular weight excluding hydrogens is 709 g/mol. The maximum absolute atomic E-state index is 5.30. The van der Waals surface area contributed by atoms with Crippen molar-refractivity contribution in [2.45, 2.75) is 0 Å². The Labute approximate surface area is 341 Å². The predicted molar refractivity (Wildman–Crippen MR) is 245 cm³/mol. The van der Waals surface area contributed by atoms with E-state index < -0.39 is 0 Å². The number of anilines is 6. The third-order valence-corrected chi connectivity index (χ3v) is 10.1. The Hall–Kier alpha value is -7.56. The monoisotopic (exact) mass is 752 g/mol. The van der Waals surface area contributed by atoms with E-state index in [1.807, 2.05) is 24.3 Å². The van der Waals surface area contributed by atoms with Gasteiger partial charge in [-0.2, -0.15) is 0 Å². The van der Waals surface area contributed by atoms with Crippen LogP contribution >= 0.6 is 0 Å². The van der Waals surface area contributed by atoms with Gasteiger partial charge in [0.2, 0.25) is 0 Å². The second-order valence-corrected chi connectivity index (χ2v) is 13.8. The summed E-state index contributed by atoms with van der Waals surface area (Å²) in [5.41, 5.74) is 13.4. The van der Waals surface area contributed by atoms with Crippen LogP contribution in [-0.4, -0.2) is 14.2 Å². The van der Waals surface area contributed by atoms with Gasteiger partial charge in [-0.05, 0) is 130 Å². The number of ether oxygens (including phenoxy) is 2. The minimum atomic E-state index is 0.854. The summed E-state index contributed by atoms with van der Waals surface area (Å²) in [4.78, 5) is 4.59. The topological polar surface area (TPSA) is 24.9 Å². The van der Waals surface area contributed by atoms with Gasteiger partial charge in [0.15, 0.2) is 0 Å². The van der Waals surface area contributed by atoms with Crippen molar-refractivity contribution >= 4 is 58.4 Å². The predicted octanol–water partition coefficient (Wildman–Crippen LogP) is 14.7. The first-order valence-electron chi connectivity index (χ1n) is 19.4. The summed E-state index contributed by atoms with van der Waals surface area (Å²) < 4.78 is 10.6. The van der Waals surface area contributed by atoms with Gasteiger partial charge < -0.3 is 19.3 Å². The zero-order valence-electron chi connectivity index (χ0n) is 32.7. The minimum Gasteiger partial charge on any atom is -0.497 e. The molecule has 0 aliphatic heterocycles.